The number of anilines is 1. The van der Waals surface area contributed by atoms with Gasteiger partial charge in [-0.1, -0.05) is 18.1 Å². The number of hydrogen-bond acceptors (Lipinski definition) is 4. The topological polar surface area (TPSA) is 59.6 Å². The number of amides is 1. The number of rotatable bonds is 7. The average Bonchev–Trinajstić information content (AvgIpc) is 3.23. The molecule has 3 rings (SSSR count). The van der Waals surface area contributed by atoms with E-state index in [2.05, 4.69) is 16.6 Å². The minimum atomic E-state index is -0.163. The summed E-state index contributed by atoms with van der Waals surface area (Å²) < 4.78 is 10.8. The van der Waals surface area contributed by atoms with E-state index in [1.54, 1.807) is 31.4 Å². The third kappa shape index (κ3) is 5.10. The van der Waals surface area contributed by atoms with Crippen molar-refractivity contribution in [3.8, 4) is 18.1 Å². The highest BCUT2D eigenvalue weighted by Gasteiger charge is 2.23. The maximum absolute atomic E-state index is 12.4. The fourth-order valence-electron chi connectivity index (χ4n) is 3.10. The summed E-state index contributed by atoms with van der Waals surface area (Å²) >= 11 is 0. The van der Waals surface area contributed by atoms with Crippen molar-refractivity contribution in [2.24, 2.45) is 0 Å². The Bertz CT molecular complexity index is 805. The summed E-state index contributed by atoms with van der Waals surface area (Å²) in [6.45, 7) is 1.39. The number of ether oxygens (including phenoxy) is 2. The van der Waals surface area contributed by atoms with E-state index in [0.29, 0.717) is 17.9 Å². The molecule has 1 aliphatic rings. The van der Waals surface area contributed by atoms with Crippen molar-refractivity contribution in [3.05, 3.63) is 59.7 Å². The second-order valence-electron chi connectivity index (χ2n) is 6.46. The van der Waals surface area contributed by atoms with Crippen molar-refractivity contribution in [2.45, 2.75) is 31.5 Å². The van der Waals surface area contributed by atoms with Gasteiger partial charge < -0.3 is 14.8 Å². The molecule has 2 N–H and O–H groups in total. The van der Waals surface area contributed by atoms with Crippen molar-refractivity contribution >= 4 is 11.6 Å². The van der Waals surface area contributed by atoms with Crippen molar-refractivity contribution < 1.29 is 14.3 Å². The normalized spacial score (nSPS) is 17.1. The Morgan fingerprint density at radius 1 is 1.33 bits per heavy atom. The molecular weight excluding hydrogens is 340 g/mol. The summed E-state index contributed by atoms with van der Waals surface area (Å²) in [5.41, 5.74) is 2.36. The van der Waals surface area contributed by atoms with Gasteiger partial charge in [0.05, 0.1) is 19.3 Å². The molecule has 2 atom stereocenters. The SMILES string of the molecule is C#C[C@@H](NCc1cccc(NC(=O)c2ccc(OC)cc2)c1)[C@@H]1CCCO1. The van der Waals surface area contributed by atoms with Crippen molar-refractivity contribution in [3.63, 3.8) is 0 Å². The molecule has 1 saturated heterocycles. The molecule has 0 radical (unpaired) electrons. The summed E-state index contributed by atoms with van der Waals surface area (Å²) in [6.07, 6.45) is 7.75. The molecule has 0 saturated carbocycles. The van der Waals surface area contributed by atoms with Crippen LogP contribution in [0.1, 0.15) is 28.8 Å². The molecule has 2 aromatic rings. The summed E-state index contributed by atoms with van der Waals surface area (Å²) in [5, 5.41) is 6.29. The average molecular weight is 364 g/mol. The van der Waals surface area contributed by atoms with Crippen LogP contribution < -0.4 is 15.4 Å². The van der Waals surface area contributed by atoms with E-state index in [0.717, 1.165) is 30.7 Å². The Kier molecular flexibility index (Phi) is 6.48. The van der Waals surface area contributed by atoms with Gasteiger partial charge in [-0.2, -0.15) is 0 Å². The van der Waals surface area contributed by atoms with Gasteiger partial charge in [-0.05, 0) is 54.8 Å². The lowest BCUT2D eigenvalue weighted by molar-refractivity contribution is 0.0934. The third-order valence-electron chi connectivity index (χ3n) is 4.58. The van der Waals surface area contributed by atoms with Gasteiger partial charge in [-0.15, -0.1) is 6.42 Å². The molecule has 0 spiro atoms. The van der Waals surface area contributed by atoms with Gasteiger partial charge in [0.25, 0.3) is 5.91 Å². The van der Waals surface area contributed by atoms with Gasteiger partial charge in [0.15, 0.2) is 0 Å². The minimum Gasteiger partial charge on any atom is -0.497 e. The summed E-state index contributed by atoms with van der Waals surface area (Å²) in [6, 6.07) is 14.6. The first-order valence-electron chi connectivity index (χ1n) is 9.05. The molecular formula is C22H24N2O3. The van der Waals surface area contributed by atoms with Crippen molar-refractivity contribution in [1.29, 1.82) is 0 Å². The van der Waals surface area contributed by atoms with E-state index < -0.39 is 0 Å². The first kappa shape index (κ1) is 19.0. The predicted molar refractivity (Wildman–Crippen MR) is 106 cm³/mol. The van der Waals surface area contributed by atoms with Crippen LogP contribution in [0.5, 0.6) is 5.75 Å². The molecule has 27 heavy (non-hydrogen) atoms. The zero-order valence-electron chi connectivity index (χ0n) is 15.4. The Balaban J connectivity index is 1.59. The van der Waals surface area contributed by atoms with Gasteiger partial charge in [-0.3, -0.25) is 10.1 Å². The van der Waals surface area contributed by atoms with Crippen molar-refractivity contribution in [2.75, 3.05) is 19.0 Å². The molecule has 2 aromatic carbocycles. The van der Waals surface area contributed by atoms with Gasteiger partial charge in [0, 0.05) is 24.4 Å². The van der Waals surface area contributed by atoms with Crippen LogP contribution in [0, 0.1) is 12.3 Å². The Morgan fingerprint density at radius 2 is 2.15 bits per heavy atom. The largest absolute Gasteiger partial charge is 0.497 e. The first-order chi connectivity index (χ1) is 13.2. The Labute approximate surface area is 160 Å². The standard InChI is InChI=1S/C22H24N2O3/c1-3-20(21-8-5-13-27-21)23-15-16-6-4-7-18(14-16)24-22(25)17-9-11-19(26-2)12-10-17/h1,4,6-7,9-12,14,20-21,23H,5,8,13,15H2,2H3,(H,24,25)/t20-,21+/m1/s1. The molecule has 1 aliphatic heterocycles. The summed E-state index contributed by atoms with van der Waals surface area (Å²) in [5.74, 6) is 3.33. The highest BCUT2D eigenvalue weighted by atomic mass is 16.5. The quantitative estimate of drug-likeness (QED) is 0.741. The molecule has 1 amide bonds. The molecule has 5 nitrogen and oxygen atoms in total. The van der Waals surface area contributed by atoms with Crippen LogP contribution in [0.2, 0.25) is 0 Å². The van der Waals surface area contributed by atoms with E-state index in [1.807, 2.05) is 24.3 Å². The lowest BCUT2D eigenvalue weighted by atomic mass is 10.1. The number of nitrogens with one attached hydrogen (secondary N) is 2. The summed E-state index contributed by atoms with van der Waals surface area (Å²) in [4.78, 5) is 12.4. The number of methoxy groups -OCH3 is 1. The third-order valence-corrected chi connectivity index (χ3v) is 4.58. The second kappa shape index (κ2) is 9.22. The molecule has 0 aliphatic carbocycles. The number of benzene rings is 2. The van der Waals surface area contributed by atoms with Crippen LogP contribution in [-0.4, -0.2) is 31.8 Å². The Morgan fingerprint density at radius 3 is 2.81 bits per heavy atom. The zero-order chi connectivity index (χ0) is 19.1. The fourth-order valence-corrected chi connectivity index (χ4v) is 3.10. The monoisotopic (exact) mass is 364 g/mol. The maximum atomic E-state index is 12.4. The highest BCUT2D eigenvalue weighted by Crippen LogP contribution is 2.17. The molecule has 5 heteroatoms. The van der Waals surface area contributed by atoms with Crippen LogP contribution in [-0.2, 0) is 11.3 Å². The molecule has 0 bridgehead atoms. The highest BCUT2D eigenvalue weighted by molar-refractivity contribution is 6.04. The number of hydrogen-bond donors (Lipinski definition) is 2. The zero-order valence-corrected chi connectivity index (χ0v) is 15.4. The smallest absolute Gasteiger partial charge is 0.255 e. The van der Waals surface area contributed by atoms with Gasteiger partial charge in [0.1, 0.15) is 5.75 Å². The number of carbonyl (C=O) groups is 1. The van der Waals surface area contributed by atoms with Gasteiger partial charge >= 0.3 is 0 Å². The molecule has 140 valence electrons. The van der Waals surface area contributed by atoms with Crippen LogP contribution in [0.15, 0.2) is 48.5 Å². The van der Waals surface area contributed by atoms with Crippen LogP contribution in [0.4, 0.5) is 5.69 Å². The lowest BCUT2D eigenvalue weighted by Gasteiger charge is -2.19. The van der Waals surface area contributed by atoms with Crippen LogP contribution in [0.25, 0.3) is 0 Å². The predicted octanol–water partition coefficient (Wildman–Crippen LogP) is 3.22. The van der Waals surface area contributed by atoms with Crippen LogP contribution in [0.3, 0.4) is 0 Å². The fraction of sp³-hybridized carbons (Fsp3) is 0.318. The number of terminal acetylenes is 1. The minimum absolute atomic E-state index is 0.0768. The van der Waals surface area contributed by atoms with Gasteiger partial charge in [0.2, 0.25) is 0 Å². The molecule has 0 aromatic heterocycles. The van der Waals surface area contributed by atoms with E-state index in [1.165, 1.54) is 0 Å². The lowest BCUT2D eigenvalue weighted by Crippen LogP contribution is -2.37. The number of carbonyl (C=O) groups excluding carboxylic acids is 1. The first-order valence-corrected chi connectivity index (χ1v) is 9.05. The van der Waals surface area contributed by atoms with E-state index >= 15 is 0 Å². The molecule has 0 unspecified atom stereocenters. The van der Waals surface area contributed by atoms with E-state index in [9.17, 15) is 4.79 Å². The van der Waals surface area contributed by atoms with E-state index in [-0.39, 0.29) is 18.1 Å². The van der Waals surface area contributed by atoms with E-state index in [4.69, 9.17) is 15.9 Å². The second-order valence-corrected chi connectivity index (χ2v) is 6.46. The molecule has 1 fully saturated rings. The summed E-state index contributed by atoms with van der Waals surface area (Å²) in [7, 11) is 1.60. The Hall–Kier alpha value is -2.81. The van der Waals surface area contributed by atoms with Crippen LogP contribution >= 0.6 is 0 Å². The van der Waals surface area contributed by atoms with Gasteiger partial charge in [-0.25, -0.2) is 0 Å². The maximum Gasteiger partial charge on any atom is 0.255 e. The van der Waals surface area contributed by atoms with Crippen molar-refractivity contribution in [1.82, 2.24) is 5.32 Å². The molecule has 1 heterocycles.